The maximum Gasteiger partial charge on any atom is 0.128 e. The van der Waals surface area contributed by atoms with Gasteiger partial charge in [0, 0.05) is 36.7 Å². The number of benzene rings is 1. The monoisotopic (exact) mass is 257 g/mol. The molecule has 1 aliphatic heterocycles. The molecule has 1 atom stereocenters. The maximum atomic E-state index is 10.1. The molecule has 0 saturated heterocycles. The molecule has 0 amide bonds. The van der Waals surface area contributed by atoms with Gasteiger partial charge in [0.25, 0.3) is 0 Å². The molecule has 1 aromatic carbocycles. The van der Waals surface area contributed by atoms with Gasteiger partial charge in [0.05, 0.1) is 12.6 Å². The molecule has 2 heterocycles. The smallest absolute Gasteiger partial charge is 0.128 e. The lowest BCUT2D eigenvalue weighted by atomic mass is 9.99. The van der Waals surface area contributed by atoms with Gasteiger partial charge in [0.15, 0.2) is 0 Å². The highest BCUT2D eigenvalue weighted by Crippen LogP contribution is 2.34. The Bertz CT molecular complexity index is 564. The summed E-state index contributed by atoms with van der Waals surface area (Å²) in [7, 11) is 0. The first kappa shape index (κ1) is 12.2. The van der Waals surface area contributed by atoms with E-state index < -0.39 is 0 Å². The quantitative estimate of drug-likeness (QED) is 0.917. The molecule has 2 aromatic rings. The highest BCUT2D eigenvalue weighted by molar-refractivity contribution is 5.56. The van der Waals surface area contributed by atoms with Crippen LogP contribution in [0.25, 0.3) is 0 Å². The SMILES string of the molecule is CCn1ccnc1CN1CCC(O)c2ccccc21. The molecular weight excluding hydrogens is 238 g/mol. The topological polar surface area (TPSA) is 41.3 Å². The number of aliphatic hydroxyl groups is 1. The predicted molar refractivity (Wildman–Crippen MR) is 75.0 cm³/mol. The van der Waals surface area contributed by atoms with E-state index in [-0.39, 0.29) is 6.10 Å². The normalized spacial score (nSPS) is 18.4. The number of para-hydroxylation sites is 1. The molecule has 0 bridgehead atoms. The molecule has 19 heavy (non-hydrogen) atoms. The van der Waals surface area contributed by atoms with Crippen molar-refractivity contribution < 1.29 is 5.11 Å². The lowest BCUT2D eigenvalue weighted by Gasteiger charge is -2.33. The molecule has 4 nitrogen and oxygen atoms in total. The Kier molecular flexibility index (Phi) is 3.25. The van der Waals surface area contributed by atoms with E-state index in [2.05, 4.69) is 27.4 Å². The number of nitrogens with zero attached hydrogens (tertiary/aromatic N) is 3. The van der Waals surface area contributed by atoms with Gasteiger partial charge in [0.2, 0.25) is 0 Å². The molecule has 100 valence electrons. The number of aryl methyl sites for hydroxylation is 1. The van der Waals surface area contributed by atoms with E-state index in [1.807, 2.05) is 30.6 Å². The van der Waals surface area contributed by atoms with E-state index in [4.69, 9.17) is 0 Å². The molecule has 0 aliphatic carbocycles. The maximum absolute atomic E-state index is 10.1. The third kappa shape index (κ3) is 2.24. The Balaban J connectivity index is 1.89. The van der Waals surface area contributed by atoms with Gasteiger partial charge >= 0.3 is 0 Å². The zero-order chi connectivity index (χ0) is 13.2. The highest BCUT2D eigenvalue weighted by Gasteiger charge is 2.23. The van der Waals surface area contributed by atoms with Crippen molar-refractivity contribution in [1.82, 2.24) is 9.55 Å². The van der Waals surface area contributed by atoms with Crippen LogP contribution in [0.2, 0.25) is 0 Å². The minimum Gasteiger partial charge on any atom is -0.388 e. The molecule has 3 rings (SSSR count). The summed E-state index contributed by atoms with van der Waals surface area (Å²) in [6.45, 7) is 4.73. The fraction of sp³-hybridized carbons (Fsp3) is 0.400. The zero-order valence-corrected chi connectivity index (χ0v) is 11.2. The molecule has 1 unspecified atom stereocenters. The summed E-state index contributed by atoms with van der Waals surface area (Å²) in [4.78, 5) is 6.73. The number of hydrogen-bond acceptors (Lipinski definition) is 3. The van der Waals surface area contributed by atoms with Gasteiger partial charge in [-0.2, -0.15) is 0 Å². The second kappa shape index (κ2) is 5.05. The summed E-state index contributed by atoms with van der Waals surface area (Å²) >= 11 is 0. The fourth-order valence-corrected chi connectivity index (χ4v) is 2.73. The summed E-state index contributed by atoms with van der Waals surface area (Å²) in [5.74, 6) is 1.08. The van der Waals surface area contributed by atoms with Gasteiger partial charge in [-0.15, -0.1) is 0 Å². The third-order valence-electron chi connectivity index (χ3n) is 3.78. The van der Waals surface area contributed by atoms with Crippen molar-refractivity contribution in [2.45, 2.75) is 32.5 Å². The fourth-order valence-electron chi connectivity index (χ4n) is 2.73. The molecule has 0 spiro atoms. The highest BCUT2D eigenvalue weighted by atomic mass is 16.3. The van der Waals surface area contributed by atoms with Crippen molar-refractivity contribution in [1.29, 1.82) is 0 Å². The Labute approximate surface area is 113 Å². The average molecular weight is 257 g/mol. The van der Waals surface area contributed by atoms with Crippen molar-refractivity contribution in [3.8, 4) is 0 Å². The summed E-state index contributed by atoms with van der Waals surface area (Å²) < 4.78 is 2.16. The molecule has 0 radical (unpaired) electrons. The minimum absolute atomic E-state index is 0.335. The second-order valence-corrected chi connectivity index (χ2v) is 4.91. The molecular formula is C15H19N3O. The van der Waals surface area contributed by atoms with E-state index in [0.29, 0.717) is 0 Å². The van der Waals surface area contributed by atoms with E-state index in [1.165, 1.54) is 0 Å². The second-order valence-electron chi connectivity index (χ2n) is 4.91. The van der Waals surface area contributed by atoms with E-state index >= 15 is 0 Å². The van der Waals surface area contributed by atoms with E-state index in [0.717, 1.165) is 43.1 Å². The van der Waals surface area contributed by atoms with Crippen LogP contribution in [0.1, 0.15) is 30.8 Å². The number of rotatable bonds is 3. The largest absolute Gasteiger partial charge is 0.388 e. The van der Waals surface area contributed by atoms with Crippen LogP contribution in [0.3, 0.4) is 0 Å². The molecule has 1 N–H and O–H groups in total. The molecule has 4 heteroatoms. The zero-order valence-electron chi connectivity index (χ0n) is 11.2. The van der Waals surface area contributed by atoms with Crippen LogP contribution >= 0.6 is 0 Å². The van der Waals surface area contributed by atoms with E-state index in [9.17, 15) is 5.11 Å². The molecule has 0 saturated carbocycles. The standard InChI is InChI=1S/C15H19N3O/c1-2-17-10-8-16-15(17)11-18-9-7-14(19)12-5-3-4-6-13(12)18/h3-6,8,10,14,19H,2,7,9,11H2,1H3. The van der Waals surface area contributed by atoms with Crippen LogP contribution in [0.15, 0.2) is 36.7 Å². The Morgan fingerprint density at radius 3 is 3.05 bits per heavy atom. The first-order valence-electron chi connectivity index (χ1n) is 6.81. The van der Waals surface area contributed by atoms with Gasteiger partial charge in [0.1, 0.15) is 5.82 Å². The molecule has 1 aromatic heterocycles. The van der Waals surface area contributed by atoms with Gasteiger partial charge < -0.3 is 14.6 Å². The summed E-state index contributed by atoms with van der Waals surface area (Å²) in [5.41, 5.74) is 2.16. The number of hydrogen-bond donors (Lipinski definition) is 1. The lowest BCUT2D eigenvalue weighted by Crippen LogP contribution is -2.31. The lowest BCUT2D eigenvalue weighted by molar-refractivity contribution is 0.164. The Morgan fingerprint density at radius 2 is 2.21 bits per heavy atom. The summed E-state index contributed by atoms with van der Waals surface area (Å²) in [5, 5.41) is 10.1. The van der Waals surface area contributed by atoms with Crippen molar-refractivity contribution >= 4 is 5.69 Å². The number of anilines is 1. The van der Waals surface area contributed by atoms with Crippen LogP contribution in [0.5, 0.6) is 0 Å². The molecule has 1 aliphatic rings. The summed E-state index contributed by atoms with van der Waals surface area (Å²) in [6.07, 6.45) is 4.31. The van der Waals surface area contributed by atoms with Crippen molar-refractivity contribution in [3.05, 3.63) is 48.0 Å². The Hall–Kier alpha value is -1.81. The van der Waals surface area contributed by atoms with Crippen LogP contribution in [0.4, 0.5) is 5.69 Å². The minimum atomic E-state index is -0.335. The van der Waals surface area contributed by atoms with Gasteiger partial charge in [-0.25, -0.2) is 4.98 Å². The Morgan fingerprint density at radius 1 is 1.37 bits per heavy atom. The van der Waals surface area contributed by atoms with Crippen molar-refractivity contribution in [2.24, 2.45) is 0 Å². The van der Waals surface area contributed by atoms with Crippen LogP contribution in [-0.2, 0) is 13.1 Å². The number of aromatic nitrogens is 2. The van der Waals surface area contributed by atoms with E-state index in [1.54, 1.807) is 0 Å². The summed E-state index contributed by atoms with van der Waals surface area (Å²) in [6, 6.07) is 8.10. The van der Waals surface area contributed by atoms with Crippen molar-refractivity contribution in [2.75, 3.05) is 11.4 Å². The van der Waals surface area contributed by atoms with Gasteiger partial charge in [-0.1, -0.05) is 18.2 Å². The average Bonchev–Trinajstić information content (AvgIpc) is 2.89. The first-order chi connectivity index (χ1) is 9.29. The van der Waals surface area contributed by atoms with Crippen LogP contribution in [0, 0.1) is 0 Å². The predicted octanol–water partition coefficient (Wildman–Crippen LogP) is 2.35. The van der Waals surface area contributed by atoms with Crippen LogP contribution < -0.4 is 4.90 Å². The van der Waals surface area contributed by atoms with Crippen molar-refractivity contribution in [3.63, 3.8) is 0 Å². The van der Waals surface area contributed by atoms with Gasteiger partial charge in [-0.05, 0) is 19.4 Å². The van der Waals surface area contributed by atoms with Gasteiger partial charge in [-0.3, -0.25) is 0 Å². The third-order valence-corrected chi connectivity index (χ3v) is 3.78. The number of aliphatic hydroxyl groups excluding tert-OH is 1. The number of fused-ring (bicyclic) bond motifs is 1. The number of imidazole rings is 1. The first-order valence-corrected chi connectivity index (χ1v) is 6.81. The molecule has 0 fully saturated rings. The van der Waals surface area contributed by atoms with Crippen LogP contribution in [-0.4, -0.2) is 21.2 Å².